The molecule has 0 aliphatic heterocycles. The van der Waals surface area contributed by atoms with Crippen molar-refractivity contribution in [2.24, 2.45) is 0 Å². The molecule has 0 amide bonds. The van der Waals surface area contributed by atoms with Gasteiger partial charge in [-0.05, 0) is 58.4 Å². The molecule has 126 valence electrons. The van der Waals surface area contributed by atoms with Crippen LogP contribution in [0.3, 0.4) is 0 Å². The van der Waals surface area contributed by atoms with Gasteiger partial charge >= 0.3 is 0 Å². The second kappa shape index (κ2) is 7.25. The van der Waals surface area contributed by atoms with Crippen LogP contribution in [0, 0.1) is 26.6 Å². The first-order valence-corrected chi connectivity index (χ1v) is 9.05. The Morgan fingerprint density at radius 1 is 1.00 bits per heavy atom. The van der Waals surface area contributed by atoms with Crippen LogP contribution < -0.4 is 5.30 Å². The Labute approximate surface area is 148 Å². The minimum atomic E-state index is -0.419. The van der Waals surface area contributed by atoms with Crippen molar-refractivity contribution in [1.82, 2.24) is 4.98 Å². The molecule has 1 atom stereocenters. The minimum Gasteiger partial charge on any atom is -0.289 e. The third-order valence-corrected chi connectivity index (χ3v) is 5.07. The highest BCUT2D eigenvalue weighted by Crippen LogP contribution is 2.27. The van der Waals surface area contributed by atoms with Gasteiger partial charge < -0.3 is 0 Å². The second-order valence-electron chi connectivity index (χ2n) is 6.19. The van der Waals surface area contributed by atoms with Crippen LogP contribution in [-0.4, -0.2) is 10.5 Å². The number of halogens is 1. The zero-order chi connectivity index (χ0) is 18.0. The average Bonchev–Trinajstić information content (AvgIpc) is 2.54. The molecule has 1 heterocycles. The van der Waals surface area contributed by atoms with E-state index in [2.05, 4.69) is 11.1 Å². The summed E-state index contributed by atoms with van der Waals surface area (Å²) in [4.78, 5) is 16.8. The van der Waals surface area contributed by atoms with Crippen molar-refractivity contribution >= 4 is 19.4 Å². The fourth-order valence-corrected chi connectivity index (χ4v) is 4.03. The molecule has 2 aromatic carbocycles. The van der Waals surface area contributed by atoms with Crippen molar-refractivity contribution in [3.8, 4) is 11.3 Å². The van der Waals surface area contributed by atoms with E-state index in [0.29, 0.717) is 16.8 Å². The van der Waals surface area contributed by atoms with Crippen molar-refractivity contribution < 1.29 is 9.18 Å². The van der Waals surface area contributed by atoms with Crippen molar-refractivity contribution in [2.75, 3.05) is 0 Å². The summed E-state index contributed by atoms with van der Waals surface area (Å²) in [5, 5.41) is 0.979. The zero-order valence-electron chi connectivity index (χ0n) is 14.4. The second-order valence-corrected chi connectivity index (χ2v) is 7.48. The van der Waals surface area contributed by atoms with Gasteiger partial charge in [0.25, 0.3) is 0 Å². The molecule has 3 rings (SSSR count). The van der Waals surface area contributed by atoms with Gasteiger partial charge in [0.1, 0.15) is 5.82 Å². The minimum absolute atomic E-state index is 0.0154. The Bertz CT molecular complexity index is 932. The topological polar surface area (TPSA) is 30.0 Å². The smallest absolute Gasteiger partial charge is 0.185 e. The van der Waals surface area contributed by atoms with E-state index >= 15 is 0 Å². The molecule has 0 spiro atoms. The molecule has 0 fully saturated rings. The number of nitrogens with zero attached hydrogens (tertiary/aromatic N) is 1. The number of hydrogen-bond acceptors (Lipinski definition) is 2. The maximum atomic E-state index is 14.6. The van der Waals surface area contributed by atoms with Crippen molar-refractivity contribution in [3.63, 3.8) is 0 Å². The van der Waals surface area contributed by atoms with Gasteiger partial charge in [0.05, 0.1) is 5.69 Å². The number of pyridine rings is 1. The van der Waals surface area contributed by atoms with E-state index in [0.717, 1.165) is 22.0 Å². The van der Waals surface area contributed by atoms with E-state index in [9.17, 15) is 9.18 Å². The molecule has 0 bridgehead atoms. The van der Waals surface area contributed by atoms with E-state index in [1.54, 1.807) is 18.3 Å². The Morgan fingerprint density at radius 3 is 2.36 bits per heavy atom. The first-order chi connectivity index (χ1) is 11.9. The number of carbonyl (C=O) groups is 1. The summed E-state index contributed by atoms with van der Waals surface area (Å²) >= 11 is 0. The quantitative estimate of drug-likeness (QED) is 0.622. The van der Waals surface area contributed by atoms with E-state index in [1.165, 1.54) is 6.07 Å². The summed E-state index contributed by atoms with van der Waals surface area (Å²) < 4.78 is 14.6. The van der Waals surface area contributed by atoms with Gasteiger partial charge in [-0.25, -0.2) is 4.39 Å². The molecular weight excluding hydrogens is 332 g/mol. The third-order valence-electron chi connectivity index (χ3n) is 3.98. The molecule has 0 saturated heterocycles. The van der Waals surface area contributed by atoms with Gasteiger partial charge in [0, 0.05) is 17.3 Å². The fourth-order valence-electron chi connectivity index (χ4n) is 2.87. The predicted octanol–water partition coefficient (Wildman–Crippen LogP) is 4.96. The highest BCUT2D eigenvalue weighted by atomic mass is 31.1. The summed E-state index contributed by atoms with van der Waals surface area (Å²) in [6.45, 7) is 5.91. The Hall–Kier alpha value is -2.38. The van der Waals surface area contributed by atoms with Gasteiger partial charge in [-0.15, -0.1) is 0 Å². The van der Waals surface area contributed by atoms with Crippen molar-refractivity contribution in [3.05, 3.63) is 82.8 Å². The molecule has 3 aromatic rings. The van der Waals surface area contributed by atoms with Gasteiger partial charge in [-0.2, -0.15) is 0 Å². The van der Waals surface area contributed by atoms with E-state index in [4.69, 9.17) is 0 Å². The van der Waals surface area contributed by atoms with Gasteiger partial charge in [-0.1, -0.05) is 41.5 Å². The molecule has 0 radical (unpaired) electrons. The largest absolute Gasteiger partial charge is 0.289 e. The lowest BCUT2D eigenvalue weighted by atomic mass is 10.0. The summed E-state index contributed by atoms with van der Waals surface area (Å²) in [7, 11) is -0.0154. The number of aryl methyl sites for hydroxylation is 3. The van der Waals surface area contributed by atoms with E-state index in [-0.39, 0.29) is 14.1 Å². The molecule has 2 nitrogen and oxygen atoms in total. The molecule has 0 aliphatic carbocycles. The Balaban J connectivity index is 1.87. The number of carbonyl (C=O) groups excluding carboxylic acids is 1. The number of hydrogen-bond donors (Lipinski definition) is 0. The number of aromatic nitrogens is 1. The highest BCUT2D eigenvalue weighted by molar-refractivity contribution is 7.66. The highest BCUT2D eigenvalue weighted by Gasteiger charge is 2.14. The summed E-state index contributed by atoms with van der Waals surface area (Å²) in [5.41, 5.74) is 4.52. The van der Waals surface area contributed by atoms with Gasteiger partial charge in [0.2, 0.25) is 0 Å². The van der Waals surface area contributed by atoms with Crippen LogP contribution in [0.1, 0.15) is 27.0 Å². The first kappa shape index (κ1) is 17.4. The molecule has 25 heavy (non-hydrogen) atoms. The normalized spacial score (nSPS) is 11.2. The summed E-state index contributed by atoms with van der Waals surface area (Å²) in [5.74, 6) is -0.419. The monoisotopic (exact) mass is 351 g/mol. The van der Waals surface area contributed by atoms with Crippen LogP contribution in [-0.2, 0) is 0 Å². The lowest BCUT2D eigenvalue weighted by molar-refractivity contribution is 0.108. The third kappa shape index (κ3) is 4.00. The fraction of sp³-hybridized carbons (Fsp3) is 0.143. The first-order valence-electron chi connectivity index (χ1n) is 8.05. The van der Waals surface area contributed by atoms with Crippen LogP contribution >= 0.6 is 8.58 Å². The molecule has 0 N–H and O–H groups in total. The average molecular weight is 351 g/mol. The van der Waals surface area contributed by atoms with E-state index < -0.39 is 5.82 Å². The molecule has 1 unspecified atom stereocenters. The van der Waals surface area contributed by atoms with Crippen LogP contribution in [0.15, 0.2) is 54.7 Å². The predicted molar refractivity (Wildman–Crippen MR) is 103 cm³/mol. The summed E-state index contributed by atoms with van der Waals surface area (Å²) in [6.07, 6.45) is 1.64. The van der Waals surface area contributed by atoms with Crippen LogP contribution in [0.5, 0.6) is 0 Å². The lowest BCUT2D eigenvalue weighted by Crippen LogP contribution is -2.03. The van der Waals surface area contributed by atoms with Gasteiger partial charge in [0.15, 0.2) is 5.52 Å². The molecule has 0 saturated carbocycles. The molecule has 0 aliphatic rings. The van der Waals surface area contributed by atoms with E-state index in [1.807, 2.05) is 45.0 Å². The maximum absolute atomic E-state index is 14.6. The molecule has 4 heteroatoms. The standard InChI is InChI=1S/C21H19FNOP/c1-13-9-14(2)11-17(10-13)25-21(24)16-6-7-18(19(22)12-16)20-15(3)5-4-8-23-20/h4-12,25H,1-3H3. The van der Waals surface area contributed by atoms with Crippen LogP contribution in [0.4, 0.5) is 4.39 Å². The van der Waals surface area contributed by atoms with Crippen LogP contribution in [0.25, 0.3) is 11.3 Å². The lowest BCUT2D eigenvalue weighted by Gasteiger charge is -2.08. The Kier molecular flexibility index (Phi) is 5.06. The zero-order valence-corrected chi connectivity index (χ0v) is 15.4. The SMILES string of the molecule is Cc1cc(C)cc(PC(=O)c2ccc(-c3ncccc3C)c(F)c2)c1. The van der Waals surface area contributed by atoms with Crippen LogP contribution in [0.2, 0.25) is 0 Å². The molecule has 1 aromatic heterocycles. The number of rotatable bonds is 4. The van der Waals surface area contributed by atoms with Crippen molar-refractivity contribution in [1.29, 1.82) is 0 Å². The Morgan fingerprint density at radius 2 is 1.72 bits per heavy atom. The maximum Gasteiger partial charge on any atom is 0.185 e. The number of benzene rings is 2. The summed E-state index contributed by atoms with van der Waals surface area (Å²) in [6, 6.07) is 14.4. The molecular formula is C21H19FNOP. The van der Waals surface area contributed by atoms with Crippen molar-refractivity contribution in [2.45, 2.75) is 20.8 Å². The van der Waals surface area contributed by atoms with Gasteiger partial charge in [-0.3, -0.25) is 9.78 Å².